The first-order valence-electron chi connectivity index (χ1n) is 47.2. The molecule has 10 aromatic carbocycles. The van der Waals surface area contributed by atoms with Crippen molar-refractivity contribution >= 4 is 0 Å². The van der Waals surface area contributed by atoms with Gasteiger partial charge in [-0.3, -0.25) is 0 Å². The third kappa shape index (κ3) is 23.5. The number of nitrogens with zero attached hydrogens (tertiary/aromatic N) is 5. The highest BCUT2D eigenvalue weighted by Crippen LogP contribution is 2.41. The zero-order valence-corrected chi connectivity index (χ0v) is 83.4. The molecule has 1 aliphatic carbocycles. The van der Waals surface area contributed by atoms with Crippen LogP contribution in [0, 0.1) is 122 Å². The van der Waals surface area contributed by atoms with Gasteiger partial charge in [0.25, 0.3) is 0 Å². The molecule has 5 heteroatoms. The van der Waals surface area contributed by atoms with Crippen LogP contribution in [0.15, 0.2) is 274 Å². The van der Waals surface area contributed by atoms with Crippen molar-refractivity contribution in [2.24, 2.45) is 46.6 Å². The predicted molar refractivity (Wildman–Crippen MR) is 550 cm³/mol. The number of rotatable bonds is 15. The Hall–Kier alpha value is -12.1. The van der Waals surface area contributed by atoms with Crippen LogP contribution in [-0.2, 0) is 48.1 Å². The van der Waals surface area contributed by atoms with E-state index in [0.29, 0.717) is 11.8 Å². The van der Waals surface area contributed by atoms with Crippen molar-refractivity contribution in [1.29, 1.82) is 0 Å². The lowest BCUT2D eigenvalue weighted by Crippen LogP contribution is -2.31. The van der Waals surface area contributed by atoms with Gasteiger partial charge < -0.3 is 0 Å². The molecule has 0 bridgehead atoms. The Balaban J connectivity index is 0.000000146. The normalized spacial score (nSPS) is 12.0. The van der Waals surface area contributed by atoms with E-state index in [1.165, 1.54) is 255 Å². The Morgan fingerprint density at radius 3 is 0.845 bits per heavy atom. The van der Waals surface area contributed by atoms with Gasteiger partial charge in [-0.1, -0.05) is 219 Å². The van der Waals surface area contributed by atoms with Crippen molar-refractivity contribution in [2.45, 2.75) is 216 Å². The number of pyridine rings is 5. The van der Waals surface area contributed by atoms with E-state index in [-0.39, 0.29) is 5.41 Å². The summed E-state index contributed by atoms with van der Waals surface area (Å²) in [6.45, 7) is 51.2. The van der Waals surface area contributed by atoms with Crippen molar-refractivity contribution in [3.05, 3.63) is 385 Å². The SMILES string of the molecule is Cc1cc[n+](C)c(-c2cc(-c3ccccc3C)c(C)cc2C)c1.Cc1ccccc1-c1cc(-c2cc(C(C)C)cc[n+]2C)c(C)cc1C.Cc1ccccc1-c1cc(-c2cc(C3CCCCC3)cc[n+]2C)c(C)cc1C.Cc1ccccc1-c1cc(-c2cc(CC(C)(C)C)cc[n+]2C)c(C)cc1C.Cc1ccccc1-c1cc(-c2cc(CC(C)C)cc[n+]2C)c(C)cc1C. The van der Waals surface area contributed by atoms with Gasteiger partial charge in [-0.25, -0.2) is 22.8 Å². The van der Waals surface area contributed by atoms with Gasteiger partial charge in [-0.05, 0) is 357 Å². The third-order valence-electron chi connectivity index (χ3n) is 26.6. The van der Waals surface area contributed by atoms with Crippen LogP contribution in [0.1, 0.15) is 204 Å². The molecule has 1 saturated carbocycles. The molecule has 129 heavy (non-hydrogen) atoms. The summed E-state index contributed by atoms with van der Waals surface area (Å²) in [5.41, 5.74) is 53.6. The van der Waals surface area contributed by atoms with Gasteiger partial charge >= 0.3 is 0 Å². The van der Waals surface area contributed by atoms with Crippen molar-refractivity contribution in [3.8, 4) is 112 Å². The fraction of sp³-hybridized carbons (Fsp3) is 0.315. The number of benzene rings is 10. The van der Waals surface area contributed by atoms with Gasteiger partial charge in [0.1, 0.15) is 35.2 Å². The number of aryl methyl sites for hydroxylation is 21. The topological polar surface area (TPSA) is 19.4 Å². The number of hydrogen-bond donors (Lipinski definition) is 0. The lowest BCUT2D eigenvalue weighted by atomic mass is 9.83. The summed E-state index contributed by atoms with van der Waals surface area (Å²) in [6.07, 6.45) is 20.0. The van der Waals surface area contributed by atoms with E-state index >= 15 is 0 Å². The van der Waals surface area contributed by atoms with Gasteiger partial charge in [0.2, 0.25) is 28.5 Å². The number of aromatic nitrogens is 5. The lowest BCUT2D eigenvalue weighted by molar-refractivity contribution is -0.660. The quantitative estimate of drug-likeness (QED) is 0.0912. The van der Waals surface area contributed by atoms with Crippen LogP contribution in [0.5, 0.6) is 0 Å². The summed E-state index contributed by atoms with van der Waals surface area (Å²) < 4.78 is 11.2. The molecule has 5 nitrogen and oxygen atoms in total. The maximum absolute atomic E-state index is 2.45. The van der Waals surface area contributed by atoms with Crippen LogP contribution >= 0.6 is 0 Å². The second kappa shape index (κ2) is 42.5. The molecule has 0 spiro atoms. The van der Waals surface area contributed by atoms with E-state index in [9.17, 15) is 0 Å². The Morgan fingerprint density at radius 2 is 0.527 bits per heavy atom. The molecule has 0 amide bonds. The smallest absolute Gasteiger partial charge is 0.201 e. The molecule has 0 saturated heterocycles. The highest BCUT2D eigenvalue weighted by Gasteiger charge is 2.26. The van der Waals surface area contributed by atoms with E-state index in [2.05, 4.69) is 491 Å². The second-order valence-electron chi connectivity index (χ2n) is 39.5. The molecule has 0 radical (unpaired) electrons. The Morgan fingerprint density at radius 1 is 0.256 bits per heavy atom. The minimum atomic E-state index is 0.284. The van der Waals surface area contributed by atoms with Gasteiger partial charge in [-0.15, -0.1) is 0 Å². The molecular formula is C124H146N5+5. The van der Waals surface area contributed by atoms with Gasteiger partial charge in [-0.2, -0.15) is 0 Å². The van der Waals surface area contributed by atoms with Crippen LogP contribution in [0.2, 0.25) is 0 Å². The van der Waals surface area contributed by atoms with Crippen molar-refractivity contribution in [1.82, 2.24) is 0 Å². The van der Waals surface area contributed by atoms with E-state index < -0.39 is 0 Å². The van der Waals surface area contributed by atoms with E-state index in [0.717, 1.165) is 18.8 Å². The van der Waals surface area contributed by atoms with Gasteiger partial charge in [0.15, 0.2) is 31.0 Å². The van der Waals surface area contributed by atoms with Crippen LogP contribution in [0.25, 0.3) is 112 Å². The first kappa shape index (κ1) is 96.0. The van der Waals surface area contributed by atoms with Crippen LogP contribution < -0.4 is 22.8 Å². The Kier molecular flexibility index (Phi) is 31.6. The molecule has 1 fully saturated rings. The first-order chi connectivity index (χ1) is 61.4. The molecule has 0 unspecified atom stereocenters. The lowest BCUT2D eigenvalue weighted by Gasteiger charge is -2.22. The highest BCUT2D eigenvalue weighted by molar-refractivity contribution is 5.83. The average molecular weight is 1710 g/mol. The zero-order valence-electron chi connectivity index (χ0n) is 83.4. The third-order valence-corrected chi connectivity index (χ3v) is 26.6. The predicted octanol–water partition coefficient (Wildman–Crippen LogP) is 30.1. The monoisotopic (exact) mass is 1710 g/mol. The first-order valence-corrected chi connectivity index (χ1v) is 47.2. The second-order valence-corrected chi connectivity index (χ2v) is 39.5. The average Bonchev–Trinajstić information content (AvgIpc) is 0.802. The van der Waals surface area contributed by atoms with E-state index in [4.69, 9.17) is 0 Å². The largest absolute Gasteiger partial charge is 0.212 e. The van der Waals surface area contributed by atoms with Gasteiger partial charge in [0, 0.05) is 88.5 Å². The molecule has 0 aliphatic heterocycles. The van der Waals surface area contributed by atoms with E-state index in [1.807, 2.05) is 0 Å². The molecule has 5 heterocycles. The molecule has 15 aromatic rings. The minimum Gasteiger partial charge on any atom is -0.201 e. The maximum atomic E-state index is 2.45. The molecular weight excluding hydrogens is 1560 g/mol. The van der Waals surface area contributed by atoms with Crippen LogP contribution in [0.3, 0.4) is 0 Å². The standard InChI is InChI=1S/C27H32N.C26H32N.C25H30N.C24H28N.C22H24N/c1-19-10-8-9-13-24(19)25-18-26(21(3)16-20(25)2)27-17-23(14-15-28(27)4)22-11-6-5-7-12-22;1-18-10-8-9-11-22(18)23-16-24(20(3)14-19(23)2)25-15-21(12-13-27(25)7)17-26(4,5)6;1-17(2)13-21-11-12-26(6)25(15-21)24-16-23(19(4)14-20(24)5)22-10-8-7-9-18(22)3;1-16(2)20-11-12-25(6)24(14-20)23-15-22(18(4)13-19(23)5)21-10-8-7-9-17(21)3;1-15-10-11-23(5)22(12-15)21-14-20(17(3)13-18(21)4)19-9-7-6-8-16(19)2/h8-10,13-18,22H,5-7,11-12H2,1-4H3;8-16H,17H2,1-7H3;7-12,14-17H,13H2,1-6H3;7-16H,1-6H3;6-14H,1-5H3/q5*+1. The molecule has 5 aromatic heterocycles. The van der Waals surface area contributed by atoms with Gasteiger partial charge in [0.05, 0.1) is 0 Å². The summed E-state index contributed by atoms with van der Waals surface area (Å²) in [4.78, 5) is 0. The summed E-state index contributed by atoms with van der Waals surface area (Å²) in [5.74, 6) is 1.93. The van der Waals surface area contributed by atoms with Crippen molar-refractivity contribution < 1.29 is 22.8 Å². The van der Waals surface area contributed by atoms with Crippen molar-refractivity contribution in [3.63, 3.8) is 0 Å². The molecule has 662 valence electrons. The molecule has 0 N–H and O–H groups in total. The molecule has 0 atom stereocenters. The van der Waals surface area contributed by atoms with Crippen molar-refractivity contribution in [2.75, 3.05) is 0 Å². The maximum Gasteiger partial charge on any atom is 0.212 e. The molecule has 16 rings (SSSR count). The summed E-state index contributed by atoms with van der Waals surface area (Å²) >= 11 is 0. The summed E-state index contributed by atoms with van der Waals surface area (Å²) in [7, 11) is 10.7. The number of hydrogen-bond acceptors (Lipinski definition) is 0. The summed E-state index contributed by atoms with van der Waals surface area (Å²) in [6, 6.07) is 89.8. The minimum absolute atomic E-state index is 0.284. The molecule has 1 aliphatic rings. The van der Waals surface area contributed by atoms with E-state index in [1.54, 1.807) is 0 Å². The van der Waals surface area contributed by atoms with Crippen LogP contribution in [-0.4, -0.2) is 0 Å². The van der Waals surface area contributed by atoms with Crippen LogP contribution in [0.4, 0.5) is 0 Å². The highest BCUT2D eigenvalue weighted by atomic mass is 14.9. The Labute approximate surface area is 777 Å². The Bertz CT molecular complexity index is 6520. The zero-order chi connectivity index (χ0) is 93.0. The summed E-state index contributed by atoms with van der Waals surface area (Å²) in [5, 5.41) is 0. The fourth-order valence-corrected chi connectivity index (χ4v) is 19.2. The fourth-order valence-electron chi connectivity index (χ4n) is 19.2.